The summed E-state index contributed by atoms with van der Waals surface area (Å²) in [5.41, 5.74) is 4.76. The molecule has 1 aromatic heterocycles. The van der Waals surface area contributed by atoms with E-state index in [0.717, 1.165) is 22.4 Å². The van der Waals surface area contributed by atoms with Gasteiger partial charge >= 0.3 is 0 Å². The zero-order chi connectivity index (χ0) is 23.4. The summed E-state index contributed by atoms with van der Waals surface area (Å²) < 4.78 is 19.6. The van der Waals surface area contributed by atoms with E-state index in [1.165, 1.54) is 12.1 Å². The van der Waals surface area contributed by atoms with Gasteiger partial charge in [0.15, 0.2) is 0 Å². The molecule has 0 radical (unpaired) electrons. The molecule has 3 aromatic rings. The third kappa shape index (κ3) is 5.23. The molecule has 33 heavy (non-hydrogen) atoms. The van der Waals surface area contributed by atoms with Crippen molar-refractivity contribution in [2.24, 2.45) is 5.18 Å². The third-order valence-electron chi connectivity index (χ3n) is 5.73. The number of aryl methyl sites for hydroxylation is 1. The van der Waals surface area contributed by atoms with Crippen LogP contribution in [0.4, 0.5) is 15.8 Å². The van der Waals surface area contributed by atoms with Crippen molar-refractivity contribution < 1.29 is 13.9 Å². The van der Waals surface area contributed by atoms with Crippen molar-refractivity contribution in [2.75, 3.05) is 36.5 Å². The number of amides is 1. The lowest BCUT2D eigenvalue weighted by Gasteiger charge is -2.29. The van der Waals surface area contributed by atoms with Crippen molar-refractivity contribution in [3.8, 4) is 11.1 Å². The number of halogens is 1. The molecule has 1 N–H and O–H groups in total. The van der Waals surface area contributed by atoms with E-state index in [2.05, 4.69) is 15.5 Å². The van der Waals surface area contributed by atoms with Crippen LogP contribution in [0.1, 0.15) is 34.6 Å². The molecule has 1 unspecified atom stereocenters. The molecule has 8 heteroatoms. The summed E-state index contributed by atoms with van der Waals surface area (Å²) in [4.78, 5) is 30.1. The number of ether oxygens (including phenoxy) is 1. The Morgan fingerprint density at radius 3 is 2.58 bits per heavy atom. The SMILES string of the molecule is Cc1ncc(NC(=O)c2cc(F)cc(N3CCOCC3)c2)cc1-c1ccc(C(C)N=O)cc1. The first kappa shape index (κ1) is 22.5. The van der Waals surface area contributed by atoms with E-state index < -0.39 is 17.8 Å². The third-order valence-corrected chi connectivity index (χ3v) is 5.73. The van der Waals surface area contributed by atoms with Gasteiger partial charge in [-0.3, -0.25) is 9.78 Å². The molecule has 1 aliphatic rings. The van der Waals surface area contributed by atoms with E-state index >= 15 is 0 Å². The Labute approximate surface area is 191 Å². The number of aromatic nitrogens is 1. The van der Waals surface area contributed by atoms with Gasteiger partial charge in [0.05, 0.1) is 25.1 Å². The van der Waals surface area contributed by atoms with Crippen LogP contribution in [0.25, 0.3) is 11.1 Å². The highest BCUT2D eigenvalue weighted by Crippen LogP contribution is 2.28. The van der Waals surface area contributed by atoms with Crippen LogP contribution in [-0.2, 0) is 4.74 Å². The minimum absolute atomic E-state index is 0.235. The number of nitrogens with zero attached hydrogens (tertiary/aromatic N) is 3. The first-order valence-electron chi connectivity index (χ1n) is 10.8. The lowest BCUT2D eigenvalue weighted by atomic mass is 10.0. The minimum atomic E-state index is -0.467. The predicted molar refractivity (Wildman–Crippen MR) is 126 cm³/mol. The van der Waals surface area contributed by atoms with Crippen molar-refractivity contribution in [3.05, 3.63) is 82.3 Å². The average molecular weight is 448 g/mol. The zero-order valence-electron chi connectivity index (χ0n) is 18.5. The molecule has 4 rings (SSSR count). The molecular weight excluding hydrogens is 423 g/mol. The maximum atomic E-state index is 14.3. The number of morpholine rings is 1. The predicted octanol–water partition coefficient (Wildman–Crippen LogP) is 5.11. The molecule has 7 nitrogen and oxygen atoms in total. The fourth-order valence-corrected chi connectivity index (χ4v) is 3.81. The quantitative estimate of drug-likeness (QED) is 0.530. The van der Waals surface area contributed by atoms with E-state index in [9.17, 15) is 14.1 Å². The van der Waals surface area contributed by atoms with Crippen LogP contribution in [0, 0.1) is 17.6 Å². The topological polar surface area (TPSA) is 83.9 Å². The number of carbonyl (C=O) groups excluding carboxylic acids is 1. The summed E-state index contributed by atoms with van der Waals surface area (Å²) in [5.74, 6) is -0.882. The number of hydrogen-bond acceptors (Lipinski definition) is 6. The number of pyridine rings is 1. The lowest BCUT2D eigenvalue weighted by Crippen LogP contribution is -2.36. The Kier molecular flexibility index (Phi) is 6.74. The van der Waals surface area contributed by atoms with Gasteiger partial charge in [-0.15, -0.1) is 0 Å². The van der Waals surface area contributed by atoms with Gasteiger partial charge in [-0.25, -0.2) is 4.39 Å². The van der Waals surface area contributed by atoms with Crippen molar-refractivity contribution >= 4 is 17.3 Å². The molecule has 1 aliphatic heterocycles. The van der Waals surface area contributed by atoms with Crippen molar-refractivity contribution in [2.45, 2.75) is 19.9 Å². The highest BCUT2D eigenvalue weighted by Gasteiger charge is 2.16. The van der Waals surface area contributed by atoms with E-state index in [0.29, 0.717) is 37.7 Å². The molecule has 1 fully saturated rings. The average Bonchev–Trinajstić information content (AvgIpc) is 2.85. The fourth-order valence-electron chi connectivity index (χ4n) is 3.81. The normalized spacial score (nSPS) is 14.6. The second-order valence-electron chi connectivity index (χ2n) is 8.01. The van der Waals surface area contributed by atoms with Gasteiger partial charge < -0.3 is 15.0 Å². The summed E-state index contributed by atoms with van der Waals surface area (Å²) in [6.45, 7) is 6.06. The van der Waals surface area contributed by atoms with E-state index in [4.69, 9.17) is 4.74 Å². The van der Waals surface area contributed by atoms with Crippen LogP contribution in [-0.4, -0.2) is 37.2 Å². The molecule has 1 amide bonds. The number of rotatable bonds is 6. The van der Waals surface area contributed by atoms with Crippen LogP contribution >= 0.6 is 0 Å². The van der Waals surface area contributed by atoms with Crippen LogP contribution in [0.2, 0.25) is 0 Å². The van der Waals surface area contributed by atoms with Crippen LogP contribution < -0.4 is 10.2 Å². The number of nitroso groups, excluding NO2 is 1. The lowest BCUT2D eigenvalue weighted by molar-refractivity contribution is 0.102. The second kappa shape index (κ2) is 9.87. The Morgan fingerprint density at radius 2 is 1.88 bits per heavy atom. The van der Waals surface area contributed by atoms with Gasteiger partial charge in [0.1, 0.15) is 11.9 Å². The molecule has 0 aliphatic carbocycles. The maximum Gasteiger partial charge on any atom is 0.255 e. The van der Waals surface area contributed by atoms with Crippen LogP contribution in [0.3, 0.4) is 0 Å². The monoisotopic (exact) mass is 448 g/mol. The summed E-state index contributed by atoms with van der Waals surface area (Å²) in [6, 6.07) is 13.3. The number of hydrogen-bond donors (Lipinski definition) is 1. The number of anilines is 2. The fraction of sp³-hybridized carbons (Fsp3) is 0.280. The summed E-state index contributed by atoms with van der Waals surface area (Å²) in [6.07, 6.45) is 1.58. The van der Waals surface area contributed by atoms with Crippen LogP contribution in [0.15, 0.2) is 59.9 Å². The van der Waals surface area contributed by atoms with Gasteiger partial charge in [0.2, 0.25) is 0 Å². The molecule has 2 heterocycles. The minimum Gasteiger partial charge on any atom is -0.378 e. The molecule has 0 spiro atoms. The Balaban J connectivity index is 1.55. The summed E-state index contributed by atoms with van der Waals surface area (Å²) in [5, 5.41) is 5.87. The first-order valence-corrected chi connectivity index (χ1v) is 10.8. The van der Waals surface area contributed by atoms with Crippen LogP contribution in [0.5, 0.6) is 0 Å². The molecule has 0 saturated carbocycles. The Morgan fingerprint density at radius 1 is 1.15 bits per heavy atom. The number of carbonyl (C=O) groups is 1. The van der Waals surface area contributed by atoms with Crippen molar-refractivity contribution in [1.29, 1.82) is 0 Å². The first-order chi connectivity index (χ1) is 15.9. The van der Waals surface area contributed by atoms with Gasteiger partial charge in [-0.2, -0.15) is 4.91 Å². The van der Waals surface area contributed by atoms with Gasteiger partial charge in [0.25, 0.3) is 5.91 Å². The number of benzene rings is 2. The largest absolute Gasteiger partial charge is 0.378 e. The number of nitrogens with one attached hydrogen (secondary N) is 1. The maximum absolute atomic E-state index is 14.3. The Hall–Kier alpha value is -3.65. The Bertz CT molecular complexity index is 1160. The van der Waals surface area contributed by atoms with Crippen molar-refractivity contribution in [1.82, 2.24) is 4.98 Å². The van der Waals surface area contributed by atoms with Gasteiger partial charge in [0, 0.05) is 35.6 Å². The standard InChI is InChI=1S/C25H25FN4O3/c1-16(29-32)18-3-5-19(6-4-18)24-14-22(15-27-17(24)2)28-25(31)20-11-21(26)13-23(12-20)30-7-9-33-10-8-30/h3-6,11-16H,7-10H2,1-2H3,(H,28,31). The van der Waals surface area contributed by atoms with E-state index in [1.807, 2.05) is 42.2 Å². The smallest absolute Gasteiger partial charge is 0.255 e. The summed E-state index contributed by atoms with van der Waals surface area (Å²) >= 11 is 0. The van der Waals surface area contributed by atoms with Gasteiger partial charge in [-0.05, 0) is 49.2 Å². The molecule has 0 bridgehead atoms. The molecular formula is C25H25FN4O3. The molecule has 170 valence electrons. The molecule has 1 atom stereocenters. The summed E-state index contributed by atoms with van der Waals surface area (Å²) in [7, 11) is 0. The highest BCUT2D eigenvalue weighted by molar-refractivity contribution is 6.05. The molecule has 1 saturated heterocycles. The second-order valence-corrected chi connectivity index (χ2v) is 8.01. The van der Waals surface area contributed by atoms with Crippen molar-refractivity contribution in [3.63, 3.8) is 0 Å². The van der Waals surface area contributed by atoms with Gasteiger partial charge in [-0.1, -0.05) is 29.4 Å². The van der Waals surface area contributed by atoms with E-state index in [-0.39, 0.29) is 5.56 Å². The van der Waals surface area contributed by atoms with E-state index in [1.54, 1.807) is 19.2 Å². The zero-order valence-corrected chi connectivity index (χ0v) is 18.5. The molecule has 2 aromatic carbocycles. The highest BCUT2D eigenvalue weighted by atomic mass is 19.1.